The van der Waals surface area contributed by atoms with Gasteiger partial charge in [0, 0.05) is 19.1 Å². The van der Waals surface area contributed by atoms with Crippen molar-refractivity contribution in [3.05, 3.63) is 35.4 Å². The van der Waals surface area contributed by atoms with Gasteiger partial charge in [-0.15, -0.1) is 0 Å². The molecule has 5 heteroatoms. The summed E-state index contributed by atoms with van der Waals surface area (Å²) in [5, 5.41) is 3.15. The van der Waals surface area contributed by atoms with Crippen molar-refractivity contribution in [2.24, 2.45) is 10.7 Å². The monoisotopic (exact) mass is 304 g/mol. The highest BCUT2D eigenvalue weighted by molar-refractivity contribution is 5.78. The van der Waals surface area contributed by atoms with Gasteiger partial charge < -0.3 is 15.8 Å². The first-order valence-corrected chi connectivity index (χ1v) is 8.01. The molecule has 0 bridgehead atoms. The molecule has 0 spiro atoms. The van der Waals surface area contributed by atoms with E-state index < -0.39 is 0 Å². The molecule has 0 aromatic heterocycles. The lowest BCUT2D eigenvalue weighted by Crippen LogP contribution is -2.41. The van der Waals surface area contributed by atoms with E-state index in [9.17, 15) is 0 Å². The van der Waals surface area contributed by atoms with E-state index in [0.29, 0.717) is 18.5 Å². The van der Waals surface area contributed by atoms with Crippen LogP contribution in [0.1, 0.15) is 31.0 Å². The number of nitrogens with one attached hydrogen (secondary N) is 1. The Balaban J connectivity index is 2.12. The van der Waals surface area contributed by atoms with Gasteiger partial charge in [0.2, 0.25) is 0 Å². The highest BCUT2D eigenvalue weighted by atomic mass is 16.5. The zero-order valence-electron chi connectivity index (χ0n) is 13.9. The SMILES string of the molecule is Cc1ccc(C(CN=C(N)NC(C)C)N2CCOCC2)cc1. The van der Waals surface area contributed by atoms with Gasteiger partial charge in [0.25, 0.3) is 0 Å². The van der Waals surface area contributed by atoms with Crippen LogP contribution in [0.5, 0.6) is 0 Å². The van der Waals surface area contributed by atoms with E-state index in [4.69, 9.17) is 10.5 Å². The molecule has 1 unspecified atom stereocenters. The van der Waals surface area contributed by atoms with Gasteiger partial charge in [-0.3, -0.25) is 9.89 Å². The molecule has 5 nitrogen and oxygen atoms in total. The predicted octanol–water partition coefficient (Wildman–Crippen LogP) is 1.68. The molecule has 1 aliphatic heterocycles. The fourth-order valence-electron chi connectivity index (χ4n) is 2.64. The van der Waals surface area contributed by atoms with E-state index in [-0.39, 0.29) is 6.04 Å². The van der Waals surface area contributed by atoms with Crippen LogP contribution in [-0.4, -0.2) is 49.7 Å². The number of benzene rings is 1. The number of morpholine rings is 1. The highest BCUT2D eigenvalue weighted by Crippen LogP contribution is 2.22. The van der Waals surface area contributed by atoms with Gasteiger partial charge in [0.1, 0.15) is 0 Å². The molecule has 3 N–H and O–H groups in total. The highest BCUT2D eigenvalue weighted by Gasteiger charge is 2.22. The number of nitrogens with two attached hydrogens (primary N) is 1. The van der Waals surface area contributed by atoms with Crippen LogP contribution in [0, 0.1) is 6.92 Å². The van der Waals surface area contributed by atoms with Gasteiger partial charge in [-0.25, -0.2) is 0 Å². The Morgan fingerprint density at radius 3 is 2.50 bits per heavy atom. The minimum atomic E-state index is 0.247. The molecule has 0 amide bonds. The third kappa shape index (κ3) is 5.00. The van der Waals surface area contributed by atoms with Crippen LogP contribution in [0.25, 0.3) is 0 Å². The lowest BCUT2D eigenvalue weighted by atomic mass is 10.0. The van der Waals surface area contributed by atoms with Crippen LogP contribution in [-0.2, 0) is 4.74 Å². The topological polar surface area (TPSA) is 62.9 Å². The molecule has 122 valence electrons. The molecule has 0 aliphatic carbocycles. The number of aryl methyl sites for hydroxylation is 1. The van der Waals surface area contributed by atoms with E-state index in [2.05, 4.69) is 60.2 Å². The molecule has 1 fully saturated rings. The number of hydrogen-bond acceptors (Lipinski definition) is 3. The normalized spacial score (nSPS) is 18.5. The fourth-order valence-corrected chi connectivity index (χ4v) is 2.64. The smallest absolute Gasteiger partial charge is 0.188 e. The fraction of sp³-hybridized carbons (Fsp3) is 0.588. The Morgan fingerprint density at radius 1 is 1.27 bits per heavy atom. The first-order valence-electron chi connectivity index (χ1n) is 8.01. The molecule has 1 aromatic rings. The Morgan fingerprint density at radius 2 is 1.91 bits per heavy atom. The molecule has 22 heavy (non-hydrogen) atoms. The van der Waals surface area contributed by atoms with Crippen molar-refractivity contribution in [2.45, 2.75) is 32.9 Å². The van der Waals surface area contributed by atoms with Crippen molar-refractivity contribution >= 4 is 5.96 Å². The van der Waals surface area contributed by atoms with Crippen LogP contribution in [0.2, 0.25) is 0 Å². The second-order valence-corrected chi connectivity index (χ2v) is 6.10. The van der Waals surface area contributed by atoms with Gasteiger partial charge in [0.15, 0.2) is 5.96 Å². The van der Waals surface area contributed by atoms with Gasteiger partial charge >= 0.3 is 0 Å². The third-order valence-electron chi connectivity index (χ3n) is 3.82. The van der Waals surface area contributed by atoms with Gasteiger partial charge in [-0.2, -0.15) is 0 Å². The third-order valence-corrected chi connectivity index (χ3v) is 3.82. The Labute approximate surface area is 133 Å². The maximum absolute atomic E-state index is 5.95. The van der Waals surface area contributed by atoms with Crippen LogP contribution in [0.4, 0.5) is 0 Å². The van der Waals surface area contributed by atoms with Crippen molar-refractivity contribution in [1.29, 1.82) is 0 Å². The molecule has 0 saturated carbocycles. The second kappa shape index (κ2) is 8.15. The predicted molar refractivity (Wildman–Crippen MR) is 91.1 cm³/mol. The molecule has 0 radical (unpaired) electrons. The summed E-state index contributed by atoms with van der Waals surface area (Å²) in [7, 11) is 0. The van der Waals surface area contributed by atoms with Crippen molar-refractivity contribution in [3.63, 3.8) is 0 Å². The minimum Gasteiger partial charge on any atom is -0.379 e. The van der Waals surface area contributed by atoms with E-state index in [1.165, 1.54) is 11.1 Å². The molecular formula is C17H28N4O. The number of ether oxygens (including phenoxy) is 1. The van der Waals surface area contributed by atoms with Crippen molar-refractivity contribution in [2.75, 3.05) is 32.8 Å². The summed E-state index contributed by atoms with van der Waals surface area (Å²) in [6, 6.07) is 9.24. The molecule has 1 saturated heterocycles. The molecule has 2 rings (SSSR count). The average Bonchev–Trinajstić information content (AvgIpc) is 2.49. The summed E-state index contributed by atoms with van der Waals surface area (Å²) < 4.78 is 5.47. The minimum absolute atomic E-state index is 0.247. The van der Waals surface area contributed by atoms with Crippen molar-refractivity contribution in [3.8, 4) is 0 Å². The Kier molecular flexibility index (Phi) is 6.21. The standard InChI is InChI=1S/C17H28N4O/c1-13(2)20-17(18)19-12-16(21-8-10-22-11-9-21)15-6-4-14(3)5-7-15/h4-7,13,16H,8-12H2,1-3H3,(H3,18,19,20). The summed E-state index contributed by atoms with van der Waals surface area (Å²) in [6.07, 6.45) is 0. The summed E-state index contributed by atoms with van der Waals surface area (Å²) in [5.74, 6) is 0.514. The van der Waals surface area contributed by atoms with Crippen molar-refractivity contribution < 1.29 is 4.74 Å². The number of guanidine groups is 1. The van der Waals surface area contributed by atoms with Crippen LogP contribution >= 0.6 is 0 Å². The van der Waals surface area contributed by atoms with E-state index in [1.54, 1.807) is 0 Å². The molecule has 1 aliphatic rings. The first kappa shape index (κ1) is 16.8. The van der Waals surface area contributed by atoms with Gasteiger partial charge in [-0.1, -0.05) is 29.8 Å². The summed E-state index contributed by atoms with van der Waals surface area (Å²) in [4.78, 5) is 6.97. The number of rotatable bonds is 5. The number of aliphatic imine (C=N–C) groups is 1. The average molecular weight is 304 g/mol. The van der Waals surface area contributed by atoms with E-state index >= 15 is 0 Å². The Bertz CT molecular complexity index is 478. The van der Waals surface area contributed by atoms with Gasteiger partial charge in [-0.05, 0) is 26.3 Å². The van der Waals surface area contributed by atoms with Crippen molar-refractivity contribution in [1.82, 2.24) is 10.2 Å². The lowest BCUT2D eigenvalue weighted by molar-refractivity contribution is 0.0180. The van der Waals surface area contributed by atoms with Crippen LogP contribution in [0.15, 0.2) is 29.3 Å². The lowest BCUT2D eigenvalue weighted by Gasteiger charge is -2.34. The summed E-state index contributed by atoms with van der Waals surface area (Å²) in [5.41, 5.74) is 8.51. The molecular weight excluding hydrogens is 276 g/mol. The largest absolute Gasteiger partial charge is 0.379 e. The van der Waals surface area contributed by atoms with E-state index in [1.807, 2.05) is 0 Å². The summed E-state index contributed by atoms with van der Waals surface area (Å²) >= 11 is 0. The molecule has 1 heterocycles. The maximum atomic E-state index is 5.95. The maximum Gasteiger partial charge on any atom is 0.188 e. The number of nitrogens with zero attached hydrogens (tertiary/aromatic N) is 2. The number of hydrogen-bond donors (Lipinski definition) is 2. The Hall–Kier alpha value is -1.59. The molecule has 1 atom stereocenters. The molecule has 1 aromatic carbocycles. The first-order chi connectivity index (χ1) is 10.6. The zero-order valence-corrected chi connectivity index (χ0v) is 13.9. The van der Waals surface area contributed by atoms with Crippen LogP contribution in [0.3, 0.4) is 0 Å². The quantitative estimate of drug-likeness (QED) is 0.642. The second-order valence-electron chi connectivity index (χ2n) is 6.10. The van der Waals surface area contributed by atoms with Crippen LogP contribution < -0.4 is 11.1 Å². The van der Waals surface area contributed by atoms with E-state index in [0.717, 1.165) is 26.3 Å². The summed E-state index contributed by atoms with van der Waals surface area (Å²) in [6.45, 7) is 10.3. The van der Waals surface area contributed by atoms with Gasteiger partial charge in [0.05, 0.1) is 25.8 Å². The zero-order chi connectivity index (χ0) is 15.9.